The predicted octanol–water partition coefficient (Wildman–Crippen LogP) is 3.63. The first-order chi connectivity index (χ1) is 35.2. The van der Waals surface area contributed by atoms with E-state index in [1.165, 1.54) is 33.0 Å². The monoisotopic (exact) mass is 1040 g/mol. The summed E-state index contributed by atoms with van der Waals surface area (Å²) in [4.78, 5) is 106. The van der Waals surface area contributed by atoms with Gasteiger partial charge in [-0.1, -0.05) is 102 Å². The number of allylic oxidation sites excluding steroid dienone is 1. The maximum atomic E-state index is 15.4. The molecule has 19 heteroatoms. The number of likely N-dealkylation sites (N-methyl/N-ethyl adjacent to an activating group) is 2. The van der Waals surface area contributed by atoms with Crippen molar-refractivity contribution < 1.29 is 53.2 Å². The van der Waals surface area contributed by atoms with Crippen molar-refractivity contribution in [2.75, 3.05) is 34.4 Å². The van der Waals surface area contributed by atoms with E-state index in [9.17, 15) is 34.2 Å². The second-order valence-corrected chi connectivity index (χ2v) is 22.1. The van der Waals surface area contributed by atoms with E-state index in [0.29, 0.717) is 17.6 Å². The fourth-order valence-corrected chi connectivity index (χ4v) is 9.86. The standard InChI is InChI=1S/C56H82N8O11/c1-30(2)24-34(8)44-52(70)60-45(47(66)38-27-64(56(10,11)42-29-75-42)39-23-19-18-22-37(38)39)55(73)63(13)41(26-33(7)28-65)50(68)57-35(9)49(67)61-46(48(74-14)36-20-16-15-17-21-36)53(71)58-43(32(5)6)54(72)62(12)40(25-31(3)4)51(69)59-44/h15-24,27,31-35,40-48,65-66H,25-26,28-29H2,1-14H3,(H,57,68)(H,58,71)(H,59,69)(H,60,70)(H,61,67)/t33?,34-,35+,40-,41-,42+,43-,44-,45?,46-,47?,48+/m1/s1. The maximum absolute atomic E-state index is 15.4. The van der Waals surface area contributed by atoms with E-state index in [-0.39, 0.29) is 37.0 Å². The summed E-state index contributed by atoms with van der Waals surface area (Å²) in [7, 11) is 4.16. The molecule has 3 aromatic rings. The van der Waals surface area contributed by atoms with Crippen LogP contribution in [0.15, 0.2) is 72.4 Å². The number of methoxy groups -OCH3 is 1. The van der Waals surface area contributed by atoms with Crippen LogP contribution in [0.1, 0.15) is 112 Å². The molecule has 7 N–H and O–H groups in total. The number of benzene rings is 2. The van der Waals surface area contributed by atoms with Crippen LogP contribution in [0, 0.1) is 23.7 Å². The van der Waals surface area contributed by atoms with E-state index in [2.05, 4.69) is 26.6 Å². The van der Waals surface area contributed by atoms with Crippen molar-refractivity contribution in [2.45, 2.75) is 155 Å². The summed E-state index contributed by atoms with van der Waals surface area (Å²) in [6, 6.07) is 6.13. The van der Waals surface area contributed by atoms with Crippen LogP contribution in [0.5, 0.6) is 0 Å². The molecule has 0 bridgehead atoms. The quantitative estimate of drug-likeness (QED) is 0.0855. The molecule has 3 unspecified atom stereocenters. The van der Waals surface area contributed by atoms with Gasteiger partial charge in [-0.2, -0.15) is 0 Å². The molecule has 2 aliphatic rings. The number of para-hydroxylation sites is 1. The third-order valence-corrected chi connectivity index (χ3v) is 14.5. The van der Waals surface area contributed by atoms with E-state index < -0.39 is 119 Å². The lowest BCUT2D eigenvalue weighted by molar-refractivity contribution is -0.146. The van der Waals surface area contributed by atoms with Gasteiger partial charge in [0.2, 0.25) is 41.4 Å². The van der Waals surface area contributed by atoms with Gasteiger partial charge in [0.1, 0.15) is 60.6 Å². The zero-order chi connectivity index (χ0) is 55.8. The van der Waals surface area contributed by atoms with Crippen LogP contribution in [-0.4, -0.2) is 149 Å². The maximum Gasteiger partial charge on any atom is 0.248 e. The zero-order valence-corrected chi connectivity index (χ0v) is 46.2. The second kappa shape index (κ2) is 25.6. The molecule has 2 saturated heterocycles. The SMILES string of the molecule is CO[C@@H](c1ccccc1)[C@H]1NC(=O)[C@H](C)NC(=O)[C@@H](CC(C)CO)N(C)C(=O)C(C(O)c2cn(C(C)(C)[C@@H]3CO3)c3ccccc23)NC(=O)[C@@H]([C@H](C)C=C(C)C)NC(=O)[C@@H](CC(C)C)N(C)C(=O)[C@@H](C(C)C)NC1=O. The molecule has 3 heterocycles. The van der Waals surface area contributed by atoms with Gasteiger partial charge in [0.25, 0.3) is 0 Å². The average Bonchev–Trinajstić information content (AvgIpc) is 4.16. The Hall–Kier alpha value is -6.15. The lowest BCUT2D eigenvalue weighted by atomic mass is 9.94. The van der Waals surface area contributed by atoms with Gasteiger partial charge in [0.15, 0.2) is 0 Å². The van der Waals surface area contributed by atoms with Crippen LogP contribution in [-0.2, 0) is 48.6 Å². The van der Waals surface area contributed by atoms with E-state index in [4.69, 9.17) is 9.47 Å². The molecular formula is C56H82N8O11. The van der Waals surface area contributed by atoms with Crippen molar-refractivity contribution >= 4 is 52.3 Å². The number of aromatic nitrogens is 1. The minimum Gasteiger partial charge on any atom is -0.396 e. The van der Waals surface area contributed by atoms with E-state index >= 15 is 9.59 Å². The lowest BCUT2D eigenvalue weighted by Gasteiger charge is -2.36. The summed E-state index contributed by atoms with van der Waals surface area (Å²) in [5.74, 6) is -7.50. The average molecular weight is 1040 g/mol. The van der Waals surface area contributed by atoms with E-state index in [1.54, 1.807) is 82.4 Å². The second-order valence-electron chi connectivity index (χ2n) is 22.1. The summed E-state index contributed by atoms with van der Waals surface area (Å²) in [6.45, 7) is 19.8. The first-order valence-electron chi connectivity index (χ1n) is 26.0. The van der Waals surface area contributed by atoms with Gasteiger partial charge in [-0.3, -0.25) is 33.6 Å². The Morgan fingerprint density at radius 1 is 0.733 bits per heavy atom. The summed E-state index contributed by atoms with van der Waals surface area (Å²) < 4.78 is 13.6. The minimum absolute atomic E-state index is 0.124. The van der Waals surface area contributed by atoms with E-state index in [1.807, 2.05) is 58.2 Å². The minimum atomic E-state index is -1.81. The van der Waals surface area contributed by atoms with Gasteiger partial charge in [-0.15, -0.1) is 0 Å². The number of nitrogens with zero attached hydrogens (tertiary/aromatic N) is 3. The van der Waals surface area contributed by atoms with Crippen LogP contribution in [0.4, 0.5) is 0 Å². The zero-order valence-electron chi connectivity index (χ0n) is 46.2. The van der Waals surface area contributed by atoms with Crippen LogP contribution in [0.2, 0.25) is 0 Å². The molecule has 0 saturated carbocycles. The highest BCUT2D eigenvalue weighted by molar-refractivity contribution is 5.99. The molecule has 1 aromatic heterocycles. The number of fused-ring (bicyclic) bond motifs is 1. The molecule has 2 aliphatic heterocycles. The number of ether oxygens (including phenoxy) is 2. The Kier molecular flexibility index (Phi) is 20.4. The highest BCUT2D eigenvalue weighted by atomic mass is 16.6. The summed E-state index contributed by atoms with van der Waals surface area (Å²) in [6.07, 6.45) is 0.516. The Morgan fingerprint density at radius 2 is 1.25 bits per heavy atom. The molecule has 7 amide bonds. The molecule has 75 heavy (non-hydrogen) atoms. The molecule has 0 aliphatic carbocycles. The van der Waals surface area contributed by atoms with Crippen molar-refractivity contribution in [3.8, 4) is 0 Å². The van der Waals surface area contributed by atoms with Crippen molar-refractivity contribution in [1.82, 2.24) is 41.0 Å². The number of aliphatic hydroxyl groups excluding tert-OH is 2. The Balaban J connectivity index is 1.73. The highest BCUT2D eigenvalue weighted by Gasteiger charge is 2.45. The number of epoxide rings is 1. The van der Waals surface area contributed by atoms with Gasteiger partial charge in [-0.05, 0) is 76.8 Å². The smallest absolute Gasteiger partial charge is 0.248 e. The highest BCUT2D eigenvalue weighted by Crippen LogP contribution is 2.38. The van der Waals surface area contributed by atoms with Crippen molar-refractivity contribution in [2.24, 2.45) is 23.7 Å². The summed E-state index contributed by atoms with van der Waals surface area (Å²) in [5.41, 5.74) is 1.72. The number of carbonyl (C=O) groups is 7. The number of aliphatic hydroxyl groups is 2. The number of rotatable bonds is 15. The number of carbonyl (C=O) groups excluding carboxylic acids is 7. The van der Waals surface area contributed by atoms with Crippen molar-refractivity contribution in [3.05, 3.63) is 83.6 Å². The molecule has 2 fully saturated rings. The van der Waals surface area contributed by atoms with Gasteiger partial charge < -0.3 is 60.6 Å². The molecule has 0 spiro atoms. The van der Waals surface area contributed by atoms with E-state index in [0.717, 1.165) is 16.0 Å². The van der Waals surface area contributed by atoms with Crippen molar-refractivity contribution in [3.63, 3.8) is 0 Å². The topological polar surface area (TPSA) is 253 Å². The van der Waals surface area contributed by atoms with Crippen LogP contribution < -0.4 is 26.6 Å². The Morgan fingerprint density at radius 3 is 1.81 bits per heavy atom. The summed E-state index contributed by atoms with van der Waals surface area (Å²) in [5, 5.41) is 37.7. The summed E-state index contributed by atoms with van der Waals surface area (Å²) >= 11 is 0. The van der Waals surface area contributed by atoms with Crippen LogP contribution in [0.25, 0.3) is 10.9 Å². The third kappa shape index (κ3) is 14.2. The van der Waals surface area contributed by atoms with Gasteiger partial charge in [-0.25, -0.2) is 0 Å². The lowest BCUT2D eigenvalue weighted by Crippen LogP contribution is -2.62. The number of amides is 7. The fourth-order valence-electron chi connectivity index (χ4n) is 9.86. The Labute approximate surface area is 441 Å². The predicted molar refractivity (Wildman–Crippen MR) is 284 cm³/mol. The van der Waals surface area contributed by atoms with Crippen molar-refractivity contribution in [1.29, 1.82) is 0 Å². The van der Waals surface area contributed by atoms with Crippen LogP contribution >= 0.6 is 0 Å². The molecular weight excluding hydrogens is 961 g/mol. The molecule has 2 aromatic carbocycles. The molecule has 412 valence electrons. The Bertz CT molecular complexity index is 2540. The molecule has 0 radical (unpaired) electrons. The normalized spacial score (nSPS) is 25.9. The molecule has 12 atom stereocenters. The fraction of sp³-hybridized carbons (Fsp3) is 0.589. The van der Waals surface area contributed by atoms with Gasteiger partial charge in [0.05, 0.1) is 12.1 Å². The first-order valence-corrected chi connectivity index (χ1v) is 26.0. The number of nitrogens with one attached hydrogen (secondary N) is 5. The largest absolute Gasteiger partial charge is 0.396 e. The number of hydrogen-bond donors (Lipinski definition) is 7. The van der Waals surface area contributed by atoms with Gasteiger partial charge >= 0.3 is 0 Å². The molecule has 19 nitrogen and oxygen atoms in total. The third-order valence-electron chi connectivity index (χ3n) is 14.5. The van der Waals surface area contributed by atoms with Crippen LogP contribution in [0.3, 0.4) is 0 Å². The molecule has 5 rings (SSSR count). The first kappa shape index (κ1) is 59.7. The number of hydrogen-bond acceptors (Lipinski definition) is 11. The van der Waals surface area contributed by atoms with Gasteiger partial charge in [0, 0.05) is 56.4 Å².